The Bertz CT molecular complexity index is 404. The van der Waals surface area contributed by atoms with Gasteiger partial charge in [-0.1, -0.05) is 55.3 Å². The number of benzene rings is 1. The van der Waals surface area contributed by atoms with Gasteiger partial charge in [0.25, 0.3) is 0 Å². The summed E-state index contributed by atoms with van der Waals surface area (Å²) < 4.78 is 0. The second-order valence-electron chi connectivity index (χ2n) is 4.65. The van der Waals surface area contributed by atoms with E-state index >= 15 is 0 Å². The minimum atomic E-state index is 1.12. The van der Waals surface area contributed by atoms with E-state index in [2.05, 4.69) is 50.3 Å². The van der Waals surface area contributed by atoms with E-state index in [1.807, 2.05) is 0 Å². The molecule has 84 valence electrons. The molecule has 0 heteroatoms. The average Bonchev–Trinajstić information content (AvgIpc) is 2.74. The molecule has 0 amide bonds. The third-order valence-corrected chi connectivity index (χ3v) is 3.15. The number of allylic oxidation sites excluding steroid dienone is 4. The van der Waals surface area contributed by atoms with Crippen LogP contribution in [0.4, 0.5) is 0 Å². The minimum Gasteiger partial charge on any atom is -0.0726 e. The molecule has 0 saturated heterocycles. The molecule has 1 aromatic rings. The lowest BCUT2D eigenvalue weighted by Crippen LogP contribution is -1.85. The molecule has 1 aliphatic carbocycles. The normalized spacial score (nSPS) is 14.9. The minimum absolute atomic E-state index is 1.12. The molecule has 2 rings (SSSR count). The molecule has 0 unspecified atom stereocenters. The monoisotopic (exact) mass is 212 g/mol. The van der Waals surface area contributed by atoms with Crippen molar-refractivity contribution in [3.05, 3.63) is 53.1 Å². The maximum absolute atomic E-state index is 2.32. The molecule has 0 bridgehead atoms. The van der Waals surface area contributed by atoms with Gasteiger partial charge in [0.15, 0.2) is 0 Å². The fourth-order valence-electron chi connectivity index (χ4n) is 2.10. The van der Waals surface area contributed by atoms with Crippen molar-refractivity contribution in [2.24, 2.45) is 0 Å². The maximum atomic E-state index is 2.32. The molecule has 1 aromatic carbocycles. The summed E-state index contributed by atoms with van der Waals surface area (Å²) in [4.78, 5) is 0. The Balaban J connectivity index is 2.08. The van der Waals surface area contributed by atoms with Crippen molar-refractivity contribution in [1.82, 2.24) is 0 Å². The molecule has 0 heterocycles. The largest absolute Gasteiger partial charge is 0.0726 e. The van der Waals surface area contributed by atoms with E-state index in [1.165, 1.54) is 41.5 Å². The summed E-state index contributed by atoms with van der Waals surface area (Å²) in [5, 5.41) is 0. The van der Waals surface area contributed by atoms with Crippen molar-refractivity contribution in [3.8, 4) is 0 Å². The van der Waals surface area contributed by atoms with Crippen LogP contribution in [0, 0.1) is 0 Å². The smallest absolute Gasteiger partial charge is 0.0129 e. The van der Waals surface area contributed by atoms with Gasteiger partial charge < -0.3 is 0 Å². The van der Waals surface area contributed by atoms with Crippen LogP contribution in [0.15, 0.2) is 42.0 Å². The van der Waals surface area contributed by atoms with Gasteiger partial charge in [0.1, 0.15) is 0 Å². The van der Waals surface area contributed by atoms with Gasteiger partial charge in [-0.25, -0.2) is 0 Å². The molecule has 0 N–H and O–H groups in total. The van der Waals surface area contributed by atoms with Gasteiger partial charge in [0.2, 0.25) is 0 Å². The fourth-order valence-corrected chi connectivity index (χ4v) is 2.10. The first-order valence-electron chi connectivity index (χ1n) is 6.26. The molecule has 0 radical (unpaired) electrons. The van der Waals surface area contributed by atoms with Crippen molar-refractivity contribution < 1.29 is 0 Å². The van der Waals surface area contributed by atoms with Crippen LogP contribution in [-0.2, 0) is 6.42 Å². The molecule has 0 spiro atoms. The zero-order valence-corrected chi connectivity index (χ0v) is 10.3. The van der Waals surface area contributed by atoms with Crippen molar-refractivity contribution in [1.29, 1.82) is 0 Å². The Kier molecular flexibility index (Phi) is 3.61. The molecular formula is C16H20. The van der Waals surface area contributed by atoms with Crippen LogP contribution < -0.4 is 0 Å². The van der Waals surface area contributed by atoms with E-state index in [-0.39, 0.29) is 0 Å². The van der Waals surface area contributed by atoms with Crippen LogP contribution in [-0.4, -0.2) is 0 Å². The first-order chi connectivity index (χ1) is 7.79. The highest BCUT2D eigenvalue weighted by molar-refractivity contribution is 5.77. The summed E-state index contributed by atoms with van der Waals surface area (Å²) in [5.41, 5.74) is 5.67. The molecule has 0 aromatic heterocycles. The Morgan fingerprint density at radius 2 is 1.88 bits per heavy atom. The predicted molar refractivity (Wildman–Crippen MR) is 71.4 cm³/mol. The van der Waals surface area contributed by atoms with Gasteiger partial charge in [0.05, 0.1) is 0 Å². The summed E-state index contributed by atoms with van der Waals surface area (Å²) in [5.74, 6) is 0. The van der Waals surface area contributed by atoms with E-state index in [1.54, 1.807) is 0 Å². The van der Waals surface area contributed by atoms with Gasteiger partial charge in [-0.2, -0.15) is 0 Å². The Morgan fingerprint density at radius 1 is 1.12 bits per heavy atom. The van der Waals surface area contributed by atoms with Gasteiger partial charge in [-0.05, 0) is 42.9 Å². The summed E-state index contributed by atoms with van der Waals surface area (Å²) in [6.45, 7) is 4.43. The van der Waals surface area contributed by atoms with E-state index in [0.717, 1.165) is 6.42 Å². The summed E-state index contributed by atoms with van der Waals surface area (Å²) >= 11 is 0. The number of hydrogen-bond donors (Lipinski definition) is 0. The second-order valence-corrected chi connectivity index (χ2v) is 4.65. The quantitative estimate of drug-likeness (QED) is 0.675. The zero-order valence-electron chi connectivity index (χ0n) is 10.3. The number of rotatable bonds is 4. The van der Waals surface area contributed by atoms with E-state index < -0.39 is 0 Å². The van der Waals surface area contributed by atoms with E-state index in [0.29, 0.717) is 0 Å². The lowest BCUT2D eigenvalue weighted by atomic mass is 10.0. The van der Waals surface area contributed by atoms with Gasteiger partial charge in [-0.3, -0.25) is 0 Å². The van der Waals surface area contributed by atoms with Crippen LogP contribution in [0.1, 0.15) is 44.2 Å². The summed E-state index contributed by atoms with van der Waals surface area (Å²) in [7, 11) is 0. The lowest BCUT2D eigenvalue weighted by molar-refractivity contribution is 0.795. The molecule has 0 atom stereocenters. The zero-order chi connectivity index (χ0) is 11.4. The van der Waals surface area contributed by atoms with Crippen molar-refractivity contribution >= 4 is 5.57 Å². The van der Waals surface area contributed by atoms with Crippen LogP contribution in [0.5, 0.6) is 0 Å². The number of hydrogen-bond acceptors (Lipinski definition) is 0. The van der Waals surface area contributed by atoms with Crippen molar-refractivity contribution in [2.75, 3.05) is 0 Å². The van der Waals surface area contributed by atoms with Crippen LogP contribution in [0.2, 0.25) is 0 Å². The summed E-state index contributed by atoms with van der Waals surface area (Å²) in [6.07, 6.45) is 9.50. The average molecular weight is 212 g/mol. The highest BCUT2D eigenvalue weighted by Gasteiger charge is 2.04. The first-order valence-corrected chi connectivity index (χ1v) is 6.26. The SMILES string of the molecule is CCCCc1ccc(C2=CCC(C)=C2)cc1. The number of aryl methyl sites for hydroxylation is 1. The van der Waals surface area contributed by atoms with Crippen molar-refractivity contribution in [2.45, 2.75) is 39.5 Å². The second kappa shape index (κ2) is 5.16. The highest BCUT2D eigenvalue weighted by atomic mass is 14.1. The van der Waals surface area contributed by atoms with Crippen molar-refractivity contribution in [3.63, 3.8) is 0 Å². The summed E-state index contributed by atoms with van der Waals surface area (Å²) in [6, 6.07) is 9.05. The third kappa shape index (κ3) is 2.63. The highest BCUT2D eigenvalue weighted by Crippen LogP contribution is 2.26. The number of unbranched alkanes of at least 4 members (excludes halogenated alkanes) is 1. The van der Waals surface area contributed by atoms with E-state index in [9.17, 15) is 0 Å². The maximum Gasteiger partial charge on any atom is -0.0129 e. The van der Waals surface area contributed by atoms with Gasteiger partial charge in [-0.15, -0.1) is 0 Å². The lowest BCUT2D eigenvalue weighted by Gasteiger charge is -2.03. The topological polar surface area (TPSA) is 0 Å². The van der Waals surface area contributed by atoms with Gasteiger partial charge in [0, 0.05) is 0 Å². The van der Waals surface area contributed by atoms with Crippen LogP contribution in [0.3, 0.4) is 0 Å². The molecule has 0 nitrogen and oxygen atoms in total. The Labute approximate surface area is 98.7 Å². The molecule has 1 aliphatic rings. The standard InChI is InChI=1S/C16H20/c1-3-4-5-14-7-10-15(11-8-14)16-9-6-13(2)12-16/h7-12H,3-6H2,1-2H3. The molecule has 0 aliphatic heterocycles. The third-order valence-electron chi connectivity index (χ3n) is 3.15. The Hall–Kier alpha value is -1.30. The van der Waals surface area contributed by atoms with E-state index in [4.69, 9.17) is 0 Å². The van der Waals surface area contributed by atoms with Crippen LogP contribution >= 0.6 is 0 Å². The fraction of sp³-hybridized carbons (Fsp3) is 0.375. The Morgan fingerprint density at radius 3 is 2.44 bits per heavy atom. The predicted octanol–water partition coefficient (Wildman–Crippen LogP) is 4.76. The molecule has 16 heavy (non-hydrogen) atoms. The molecule has 0 saturated carbocycles. The first kappa shape index (κ1) is 11.2. The van der Waals surface area contributed by atoms with Crippen LogP contribution in [0.25, 0.3) is 5.57 Å². The van der Waals surface area contributed by atoms with Gasteiger partial charge >= 0.3 is 0 Å². The molecular weight excluding hydrogens is 192 g/mol. The molecule has 0 fully saturated rings.